The molecule has 1 heterocycles. The molecule has 23 heavy (non-hydrogen) atoms. The van der Waals surface area contributed by atoms with Crippen LogP contribution in [-0.2, 0) is 6.18 Å². The number of carbonyl (C=O) groups is 1. The van der Waals surface area contributed by atoms with Crippen LogP contribution in [0.2, 0.25) is 0 Å². The lowest BCUT2D eigenvalue weighted by atomic mass is 9.96. The number of rotatable bonds is 4. The van der Waals surface area contributed by atoms with Gasteiger partial charge in [0.25, 0.3) is 0 Å². The Hall–Kier alpha value is -2.37. The standard InChI is InChI=1S/C17H14F3NO2/c18-17(19,20)16-7-5-12(9-21-16)11-4-6-15(13(8-11)10-22)23-14-2-1-3-14/h4-10,14H,1-3H2. The Bertz CT molecular complexity index is 707. The van der Waals surface area contributed by atoms with Gasteiger partial charge in [-0.05, 0) is 43.0 Å². The smallest absolute Gasteiger partial charge is 0.433 e. The van der Waals surface area contributed by atoms with Crippen molar-refractivity contribution < 1.29 is 22.7 Å². The van der Waals surface area contributed by atoms with Crippen molar-refractivity contribution in [2.45, 2.75) is 31.5 Å². The first-order valence-corrected chi connectivity index (χ1v) is 7.27. The van der Waals surface area contributed by atoms with Gasteiger partial charge in [0.1, 0.15) is 11.4 Å². The van der Waals surface area contributed by atoms with Gasteiger partial charge in [-0.2, -0.15) is 13.2 Å². The first kappa shape index (κ1) is 15.5. The van der Waals surface area contributed by atoms with E-state index in [-0.39, 0.29) is 6.10 Å². The van der Waals surface area contributed by atoms with Crippen molar-refractivity contribution >= 4 is 6.29 Å². The number of pyridine rings is 1. The van der Waals surface area contributed by atoms with Gasteiger partial charge in [0.05, 0.1) is 11.7 Å². The number of carbonyl (C=O) groups excluding carboxylic acids is 1. The Labute approximate surface area is 131 Å². The zero-order chi connectivity index (χ0) is 16.4. The Morgan fingerprint density at radius 3 is 2.39 bits per heavy atom. The molecule has 120 valence electrons. The summed E-state index contributed by atoms with van der Waals surface area (Å²) in [6.07, 6.45) is 0.593. The predicted molar refractivity (Wildman–Crippen MR) is 78.3 cm³/mol. The summed E-state index contributed by atoms with van der Waals surface area (Å²) in [5, 5.41) is 0. The fourth-order valence-corrected chi connectivity index (χ4v) is 2.33. The van der Waals surface area contributed by atoms with Gasteiger partial charge in [0, 0.05) is 11.8 Å². The van der Waals surface area contributed by atoms with Crippen LogP contribution in [0.25, 0.3) is 11.1 Å². The number of hydrogen-bond donors (Lipinski definition) is 0. The molecule has 1 saturated carbocycles. The van der Waals surface area contributed by atoms with E-state index in [2.05, 4.69) is 4.98 Å². The second-order valence-electron chi connectivity index (χ2n) is 5.47. The number of halogens is 3. The van der Waals surface area contributed by atoms with E-state index in [1.165, 1.54) is 6.07 Å². The molecule has 0 spiro atoms. The lowest BCUT2D eigenvalue weighted by molar-refractivity contribution is -0.141. The highest BCUT2D eigenvalue weighted by atomic mass is 19.4. The summed E-state index contributed by atoms with van der Waals surface area (Å²) >= 11 is 0. The van der Waals surface area contributed by atoms with E-state index in [1.54, 1.807) is 18.2 Å². The predicted octanol–water partition coefficient (Wildman–Crippen LogP) is 4.51. The molecule has 6 heteroatoms. The fourth-order valence-electron chi connectivity index (χ4n) is 2.33. The van der Waals surface area contributed by atoms with Crippen molar-refractivity contribution in [1.29, 1.82) is 0 Å². The molecule has 1 aromatic carbocycles. The van der Waals surface area contributed by atoms with E-state index in [0.29, 0.717) is 28.7 Å². The lowest BCUT2D eigenvalue weighted by Gasteiger charge is -2.27. The van der Waals surface area contributed by atoms with Crippen LogP contribution in [0.5, 0.6) is 5.75 Å². The van der Waals surface area contributed by atoms with E-state index in [0.717, 1.165) is 31.5 Å². The van der Waals surface area contributed by atoms with Crippen LogP contribution in [-0.4, -0.2) is 17.4 Å². The van der Waals surface area contributed by atoms with Crippen molar-refractivity contribution in [2.24, 2.45) is 0 Å². The maximum Gasteiger partial charge on any atom is 0.433 e. The Kier molecular flexibility index (Phi) is 4.07. The normalized spacial score (nSPS) is 15.1. The topological polar surface area (TPSA) is 39.2 Å². The minimum absolute atomic E-state index is 0.146. The van der Waals surface area contributed by atoms with Crippen molar-refractivity contribution in [1.82, 2.24) is 4.98 Å². The third kappa shape index (κ3) is 3.36. The number of aldehydes is 1. The summed E-state index contributed by atoms with van der Waals surface area (Å²) in [7, 11) is 0. The van der Waals surface area contributed by atoms with Crippen molar-refractivity contribution in [3.63, 3.8) is 0 Å². The molecule has 0 aliphatic heterocycles. The average Bonchev–Trinajstić information content (AvgIpc) is 2.50. The highest BCUT2D eigenvalue weighted by Gasteiger charge is 2.32. The maximum absolute atomic E-state index is 12.5. The van der Waals surface area contributed by atoms with Crippen LogP contribution < -0.4 is 4.74 Å². The zero-order valence-electron chi connectivity index (χ0n) is 12.1. The van der Waals surface area contributed by atoms with Gasteiger partial charge < -0.3 is 4.74 Å². The van der Waals surface area contributed by atoms with Crippen molar-refractivity contribution in [3.05, 3.63) is 47.8 Å². The second-order valence-corrected chi connectivity index (χ2v) is 5.47. The van der Waals surface area contributed by atoms with Gasteiger partial charge in [-0.25, -0.2) is 0 Å². The fraction of sp³-hybridized carbons (Fsp3) is 0.294. The average molecular weight is 321 g/mol. The number of alkyl halides is 3. The van der Waals surface area contributed by atoms with E-state index < -0.39 is 11.9 Å². The van der Waals surface area contributed by atoms with E-state index in [9.17, 15) is 18.0 Å². The summed E-state index contributed by atoms with van der Waals surface area (Å²) in [4.78, 5) is 14.7. The molecule has 0 N–H and O–H groups in total. The highest BCUT2D eigenvalue weighted by Crippen LogP contribution is 2.32. The lowest BCUT2D eigenvalue weighted by Crippen LogP contribution is -2.25. The molecule has 0 atom stereocenters. The van der Waals surface area contributed by atoms with Gasteiger partial charge in [-0.1, -0.05) is 12.1 Å². The van der Waals surface area contributed by atoms with Gasteiger partial charge in [0.2, 0.25) is 0 Å². The molecule has 1 aliphatic rings. The minimum atomic E-state index is -4.47. The van der Waals surface area contributed by atoms with Gasteiger partial charge in [-0.15, -0.1) is 0 Å². The third-order valence-electron chi connectivity index (χ3n) is 3.87. The number of nitrogens with zero attached hydrogens (tertiary/aromatic N) is 1. The van der Waals surface area contributed by atoms with Crippen molar-refractivity contribution in [3.8, 4) is 16.9 Å². The molecule has 0 radical (unpaired) electrons. The molecule has 1 fully saturated rings. The maximum atomic E-state index is 12.5. The van der Waals surface area contributed by atoms with Gasteiger partial charge >= 0.3 is 6.18 Å². The Morgan fingerprint density at radius 1 is 1.13 bits per heavy atom. The molecule has 2 aromatic rings. The third-order valence-corrected chi connectivity index (χ3v) is 3.87. The minimum Gasteiger partial charge on any atom is -0.490 e. The molecule has 1 aliphatic carbocycles. The van der Waals surface area contributed by atoms with E-state index >= 15 is 0 Å². The number of benzene rings is 1. The van der Waals surface area contributed by atoms with E-state index in [1.807, 2.05) is 0 Å². The monoisotopic (exact) mass is 321 g/mol. The number of aromatic nitrogens is 1. The van der Waals surface area contributed by atoms with Crippen LogP contribution in [0.4, 0.5) is 13.2 Å². The quantitative estimate of drug-likeness (QED) is 0.778. The summed E-state index contributed by atoms with van der Waals surface area (Å²) in [6.45, 7) is 0. The molecule has 3 rings (SSSR count). The first-order chi connectivity index (χ1) is 11.0. The summed E-state index contributed by atoms with van der Waals surface area (Å²) < 4.78 is 43.3. The van der Waals surface area contributed by atoms with Gasteiger partial charge in [0.15, 0.2) is 6.29 Å². The molecule has 0 unspecified atom stereocenters. The van der Waals surface area contributed by atoms with Crippen molar-refractivity contribution in [2.75, 3.05) is 0 Å². The molecule has 0 saturated heterocycles. The molecule has 0 bridgehead atoms. The molecule has 3 nitrogen and oxygen atoms in total. The molecule has 1 aromatic heterocycles. The first-order valence-electron chi connectivity index (χ1n) is 7.27. The van der Waals surface area contributed by atoms with Crippen LogP contribution in [0.15, 0.2) is 36.5 Å². The molecular formula is C17H14F3NO2. The Balaban J connectivity index is 1.86. The van der Waals surface area contributed by atoms with Crippen LogP contribution >= 0.6 is 0 Å². The summed E-state index contributed by atoms with van der Waals surface area (Å²) in [5.74, 6) is 0.508. The number of ether oxygens (including phenoxy) is 1. The SMILES string of the molecule is O=Cc1cc(-c2ccc(C(F)(F)F)nc2)ccc1OC1CCC1. The number of hydrogen-bond acceptors (Lipinski definition) is 3. The summed E-state index contributed by atoms with van der Waals surface area (Å²) in [5.41, 5.74) is 0.571. The largest absolute Gasteiger partial charge is 0.490 e. The second kappa shape index (κ2) is 6.02. The van der Waals surface area contributed by atoms with Gasteiger partial charge in [-0.3, -0.25) is 9.78 Å². The molecule has 0 amide bonds. The summed E-state index contributed by atoms with van der Waals surface area (Å²) in [6, 6.07) is 7.26. The van der Waals surface area contributed by atoms with Crippen LogP contribution in [0, 0.1) is 0 Å². The molecular weight excluding hydrogens is 307 g/mol. The zero-order valence-corrected chi connectivity index (χ0v) is 12.1. The van der Waals surface area contributed by atoms with Crippen LogP contribution in [0.1, 0.15) is 35.3 Å². The van der Waals surface area contributed by atoms with E-state index in [4.69, 9.17) is 4.74 Å². The highest BCUT2D eigenvalue weighted by molar-refractivity contribution is 5.83. The van der Waals surface area contributed by atoms with Crippen LogP contribution in [0.3, 0.4) is 0 Å². The Morgan fingerprint density at radius 2 is 1.87 bits per heavy atom.